The van der Waals surface area contributed by atoms with Crippen LogP contribution < -0.4 is 10.6 Å². The van der Waals surface area contributed by atoms with Crippen LogP contribution in [-0.4, -0.2) is 15.9 Å². The van der Waals surface area contributed by atoms with E-state index in [1.807, 2.05) is 54.7 Å². The summed E-state index contributed by atoms with van der Waals surface area (Å²) in [5.74, 6) is -0.184. The number of amides is 1. The molecule has 1 aliphatic rings. The highest BCUT2D eigenvalue weighted by atomic mass is 16.1. The molecule has 34 heavy (non-hydrogen) atoms. The van der Waals surface area contributed by atoms with Gasteiger partial charge in [-0.3, -0.25) is 4.79 Å². The van der Waals surface area contributed by atoms with Crippen LogP contribution in [0.5, 0.6) is 0 Å². The topological polar surface area (TPSA) is 66.9 Å². The molecule has 3 aromatic carbocycles. The molecule has 2 N–H and O–H groups in total. The molecule has 0 aliphatic heterocycles. The SMILES string of the molecule is C=CC(=O)Nc1cccc(C2CC(c3cccc(Nc4ccccc4)c3)=Cc3cncnc32)c1. The summed E-state index contributed by atoms with van der Waals surface area (Å²) < 4.78 is 0. The Kier molecular flexibility index (Phi) is 5.99. The van der Waals surface area contributed by atoms with Gasteiger partial charge in [0.25, 0.3) is 0 Å². The lowest BCUT2D eigenvalue weighted by Gasteiger charge is -2.26. The van der Waals surface area contributed by atoms with Crippen LogP contribution in [0.1, 0.15) is 34.7 Å². The first kappa shape index (κ1) is 21.3. The first-order chi connectivity index (χ1) is 16.7. The second-order valence-corrected chi connectivity index (χ2v) is 8.18. The maximum atomic E-state index is 11.8. The van der Waals surface area contributed by atoms with Gasteiger partial charge in [-0.15, -0.1) is 0 Å². The summed E-state index contributed by atoms with van der Waals surface area (Å²) in [6.07, 6.45) is 7.70. The number of hydrogen-bond donors (Lipinski definition) is 2. The van der Waals surface area contributed by atoms with Crippen LogP contribution in [0.25, 0.3) is 11.6 Å². The van der Waals surface area contributed by atoms with E-state index in [0.29, 0.717) is 0 Å². The second-order valence-electron chi connectivity index (χ2n) is 8.18. The molecule has 0 spiro atoms. The number of anilines is 3. The zero-order chi connectivity index (χ0) is 23.3. The van der Waals surface area contributed by atoms with E-state index in [1.165, 1.54) is 11.6 Å². The predicted molar refractivity (Wildman–Crippen MR) is 138 cm³/mol. The van der Waals surface area contributed by atoms with E-state index in [2.05, 4.69) is 63.6 Å². The van der Waals surface area contributed by atoms with Gasteiger partial charge in [0, 0.05) is 34.7 Å². The van der Waals surface area contributed by atoms with Crippen LogP contribution >= 0.6 is 0 Å². The fraction of sp³-hybridized carbons (Fsp3) is 0.0690. The first-order valence-electron chi connectivity index (χ1n) is 11.2. The molecule has 0 saturated heterocycles. The van der Waals surface area contributed by atoms with Gasteiger partial charge in [-0.2, -0.15) is 0 Å². The van der Waals surface area contributed by atoms with Crippen molar-refractivity contribution in [1.29, 1.82) is 0 Å². The molecule has 1 aromatic heterocycles. The summed E-state index contributed by atoms with van der Waals surface area (Å²) in [4.78, 5) is 20.7. The molecule has 0 bridgehead atoms. The van der Waals surface area contributed by atoms with E-state index in [9.17, 15) is 4.79 Å². The fourth-order valence-corrected chi connectivity index (χ4v) is 4.30. The summed E-state index contributed by atoms with van der Waals surface area (Å²) in [7, 11) is 0. The molecule has 5 heteroatoms. The largest absolute Gasteiger partial charge is 0.356 e. The van der Waals surface area contributed by atoms with Crippen LogP contribution in [0.4, 0.5) is 17.1 Å². The van der Waals surface area contributed by atoms with Gasteiger partial charge in [0.2, 0.25) is 5.91 Å². The van der Waals surface area contributed by atoms with Crippen molar-refractivity contribution in [3.05, 3.63) is 126 Å². The van der Waals surface area contributed by atoms with Crippen molar-refractivity contribution < 1.29 is 4.79 Å². The van der Waals surface area contributed by atoms with Crippen molar-refractivity contribution in [3.8, 4) is 0 Å². The van der Waals surface area contributed by atoms with E-state index in [-0.39, 0.29) is 11.8 Å². The molecule has 1 heterocycles. The third-order valence-corrected chi connectivity index (χ3v) is 5.89. The highest BCUT2D eigenvalue weighted by molar-refractivity contribution is 5.99. The standard InChI is InChI=1S/C29H24N4O/c1-2-28(34)33-26-13-7-9-21(16-26)27-17-22(14-23-18-30-19-31-29(23)27)20-8-6-12-25(15-20)32-24-10-4-3-5-11-24/h2-16,18-19,27,32H,1,17H2,(H,33,34). The number of nitrogens with zero attached hydrogens (tertiary/aromatic N) is 2. The lowest BCUT2D eigenvalue weighted by atomic mass is 9.80. The van der Waals surface area contributed by atoms with Gasteiger partial charge in [0.15, 0.2) is 0 Å². The van der Waals surface area contributed by atoms with Gasteiger partial charge in [-0.25, -0.2) is 9.97 Å². The number of rotatable bonds is 6. The normalized spacial score (nSPS) is 14.5. The van der Waals surface area contributed by atoms with E-state index in [1.54, 1.807) is 6.33 Å². The molecule has 1 aliphatic carbocycles. The molecule has 0 saturated carbocycles. The Morgan fingerprint density at radius 1 is 0.941 bits per heavy atom. The molecule has 5 nitrogen and oxygen atoms in total. The minimum atomic E-state index is -0.230. The minimum absolute atomic E-state index is 0.0457. The molecule has 4 aromatic rings. The molecule has 1 amide bonds. The predicted octanol–water partition coefficient (Wildman–Crippen LogP) is 6.42. The number of carbonyl (C=O) groups excluding carboxylic acids is 1. The van der Waals surface area contributed by atoms with E-state index in [0.717, 1.165) is 45.9 Å². The highest BCUT2D eigenvalue weighted by Gasteiger charge is 2.25. The van der Waals surface area contributed by atoms with Gasteiger partial charge in [0.1, 0.15) is 6.33 Å². The molecular weight excluding hydrogens is 420 g/mol. The van der Waals surface area contributed by atoms with Crippen LogP contribution in [0.3, 0.4) is 0 Å². The second kappa shape index (κ2) is 9.55. The molecule has 0 radical (unpaired) electrons. The van der Waals surface area contributed by atoms with E-state index in [4.69, 9.17) is 0 Å². The first-order valence-corrected chi connectivity index (χ1v) is 11.2. The lowest BCUT2D eigenvalue weighted by molar-refractivity contribution is -0.111. The number of benzene rings is 3. The summed E-state index contributed by atoms with van der Waals surface area (Å²) in [6.45, 7) is 3.53. The number of nitrogens with one attached hydrogen (secondary N) is 2. The van der Waals surface area contributed by atoms with Crippen LogP contribution in [0, 0.1) is 0 Å². The van der Waals surface area contributed by atoms with Gasteiger partial charge in [-0.1, -0.05) is 49.0 Å². The van der Waals surface area contributed by atoms with E-state index < -0.39 is 0 Å². The number of hydrogen-bond acceptors (Lipinski definition) is 4. The smallest absolute Gasteiger partial charge is 0.247 e. The molecular formula is C29H24N4O. The molecule has 1 atom stereocenters. The van der Waals surface area contributed by atoms with Gasteiger partial charge in [0.05, 0.1) is 5.69 Å². The van der Waals surface area contributed by atoms with Crippen LogP contribution in [0.2, 0.25) is 0 Å². The Balaban J connectivity index is 1.49. The van der Waals surface area contributed by atoms with Gasteiger partial charge in [-0.05, 0) is 71.7 Å². The Hall–Kier alpha value is -4.51. The van der Waals surface area contributed by atoms with E-state index >= 15 is 0 Å². The van der Waals surface area contributed by atoms with Gasteiger partial charge < -0.3 is 10.6 Å². The number of para-hydroxylation sites is 1. The highest BCUT2D eigenvalue weighted by Crippen LogP contribution is 2.41. The number of allylic oxidation sites excluding steroid dienone is 1. The van der Waals surface area contributed by atoms with Crippen LogP contribution in [0.15, 0.2) is 104 Å². The van der Waals surface area contributed by atoms with Crippen LogP contribution in [-0.2, 0) is 4.79 Å². The average molecular weight is 445 g/mol. The fourth-order valence-electron chi connectivity index (χ4n) is 4.30. The van der Waals surface area contributed by atoms with Crippen molar-refractivity contribution in [2.24, 2.45) is 0 Å². The van der Waals surface area contributed by atoms with Gasteiger partial charge >= 0.3 is 0 Å². The molecule has 5 rings (SSSR count). The van der Waals surface area contributed by atoms with Crippen molar-refractivity contribution in [2.75, 3.05) is 10.6 Å². The summed E-state index contributed by atoms with van der Waals surface area (Å²) >= 11 is 0. The molecule has 0 fully saturated rings. The summed E-state index contributed by atoms with van der Waals surface area (Å²) in [5.41, 5.74) is 8.27. The summed E-state index contributed by atoms with van der Waals surface area (Å²) in [5, 5.41) is 6.33. The van der Waals surface area contributed by atoms with Crippen molar-refractivity contribution in [1.82, 2.24) is 9.97 Å². The van der Waals surface area contributed by atoms with Crippen molar-refractivity contribution >= 4 is 34.6 Å². The monoisotopic (exact) mass is 444 g/mol. The summed E-state index contributed by atoms with van der Waals surface area (Å²) in [6, 6.07) is 26.5. The Morgan fingerprint density at radius 3 is 2.59 bits per heavy atom. The average Bonchev–Trinajstić information content (AvgIpc) is 2.89. The number of fused-ring (bicyclic) bond motifs is 1. The zero-order valence-electron chi connectivity index (χ0n) is 18.6. The Labute approximate surface area is 198 Å². The minimum Gasteiger partial charge on any atom is -0.356 e. The Bertz CT molecular complexity index is 1380. The molecule has 1 unspecified atom stereocenters. The van der Waals surface area contributed by atoms with Crippen molar-refractivity contribution in [3.63, 3.8) is 0 Å². The number of aromatic nitrogens is 2. The third kappa shape index (κ3) is 4.64. The molecule has 166 valence electrons. The zero-order valence-corrected chi connectivity index (χ0v) is 18.6. The maximum absolute atomic E-state index is 11.8. The van der Waals surface area contributed by atoms with Crippen molar-refractivity contribution in [2.45, 2.75) is 12.3 Å². The maximum Gasteiger partial charge on any atom is 0.247 e. The lowest BCUT2D eigenvalue weighted by Crippen LogP contribution is -2.12. The Morgan fingerprint density at radius 2 is 1.74 bits per heavy atom. The number of carbonyl (C=O) groups is 1. The quantitative estimate of drug-likeness (QED) is 0.337. The third-order valence-electron chi connectivity index (χ3n) is 5.89.